The van der Waals surface area contributed by atoms with E-state index in [9.17, 15) is 14.4 Å². The topological polar surface area (TPSA) is 114 Å². The van der Waals surface area contributed by atoms with Crippen LogP contribution < -0.4 is 15.5 Å². The van der Waals surface area contributed by atoms with Gasteiger partial charge in [-0.15, -0.1) is 0 Å². The highest BCUT2D eigenvalue weighted by molar-refractivity contribution is 6.30. The van der Waals surface area contributed by atoms with Gasteiger partial charge in [0.25, 0.3) is 0 Å². The summed E-state index contributed by atoms with van der Waals surface area (Å²) < 4.78 is 10.4. The highest BCUT2D eigenvalue weighted by atomic mass is 35.5. The summed E-state index contributed by atoms with van der Waals surface area (Å²) in [6.45, 7) is 2.64. The molecule has 3 rings (SSSR count). The van der Waals surface area contributed by atoms with Crippen molar-refractivity contribution < 1.29 is 23.6 Å². The number of amides is 3. The number of carbonyl (C=O) groups is 3. The van der Waals surface area contributed by atoms with Crippen molar-refractivity contribution in [2.45, 2.75) is 38.7 Å². The van der Waals surface area contributed by atoms with Crippen LogP contribution in [0.2, 0.25) is 5.02 Å². The second-order valence-corrected chi connectivity index (χ2v) is 7.70. The number of benzene rings is 1. The Morgan fingerprint density at radius 2 is 1.97 bits per heavy atom. The second kappa shape index (κ2) is 10.9. The molecule has 1 saturated heterocycles. The number of aromatic nitrogens is 1. The van der Waals surface area contributed by atoms with Gasteiger partial charge >= 0.3 is 0 Å². The molecule has 3 amide bonds. The predicted octanol–water partition coefficient (Wildman–Crippen LogP) is 2.68. The average Bonchev–Trinajstić information content (AvgIpc) is 3.41. The van der Waals surface area contributed by atoms with Crippen LogP contribution in [-0.4, -0.2) is 48.7 Å². The van der Waals surface area contributed by atoms with Crippen molar-refractivity contribution in [3.8, 4) is 0 Å². The van der Waals surface area contributed by atoms with Gasteiger partial charge in [-0.05, 0) is 44.0 Å². The van der Waals surface area contributed by atoms with E-state index in [4.69, 9.17) is 20.9 Å². The number of halogens is 1. The maximum atomic E-state index is 12.9. The molecule has 2 aromatic rings. The lowest BCUT2D eigenvalue weighted by atomic mass is 10.2. The number of hydrogen-bond acceptors (Lipinski definition) is 6. The molecule has 0 saturated carbocycles. The largest absolute Gasteiger partial charge is 0.376 e. The molecule has 1 unspecified atom stereocenters. The molecule has 2 heterocycles. The third-order valence-electron chi connectivity index (χ3n) is 4.75. The fourth-order valence-electron chi connectivity index (χ4n) is 3.16. The number of carbonyl (C=O) groups excluding carboxylic acids is 3. The summed E-state index contributed by atoms with van der Waals surface area (Å²) >= 11 is 5.94. The third kappa shape index (κ3) is 7.08. The van der Waals surface area contributed by atoms with Gasteiger partial charge in [0, 0.05) is 42.8 Å². The molecule has 1 fully saturated rings. The van der Waals surface area contributed by atoms with Crippen molar-refractivity contribution in [1.82, 2.24) is 10.5 Å². The van der Waals surface area contributed by atoms with Crippen molar-refractivity contribution in [3.05, 3.63) is 41.1 Å². The SMILES string of the molecule is Cc1cc(NC(=O)CCC(=O)N(CC(=O)NCC2CCCO2)c2ccc(Cl)cc2)no1. The molecule has 2 N–H and O–H groups in total. The van der Waals surface area contributed by atoms with Crippen LogP contribution in [0, 0.1) is 6.92 Å². The molecule has 0 bridgehead atoms. The van der Waals surface area contributed by atoms with Gasteiger partial charge in [0.15, 0.2) is 5.82 Å². The van der Waals surface area contributed by atoms with Crippen LogP contribution in [-0.2, 0) is 19.1 Å². The summed E-state index contributed by atoms with van der Waals surface area (Å²) in [5.74, 6) is -0.185. The van der Waals surface area contributed by atoms with E-state index in [2.05, 4.69) is 15.8 Å². The first-order valence-electron chi connectivity index (χ1n) is 10.1. The molecule has 0 aliphatic carbocycles. The summed E-state index contributed by atoms with van der Waals surface area (Å²) in [5, 5.41) is 9.58. The molecular formula is C21H25ClN4O5. The van der Waals surface area contributed by atoms with E-state index in [1.54, 1.807) is 37.3 Å². The predicted molar refractivity (Wildman–Crippen MR) is 115 cm³/mol. The Labute approximate surface area is 185 Å². The number of rotatable bonds is 9. The molecule has 31 heavy (non-hydrogen) atoms. The molecule has 1 atom stereocenters. The van der Waals surface area contributed by atoms with Crippen LogP contribution in [0.4, 0.5) is 11.5 Å². The molecule has 0 radical (unpaired) electrons. The van der Waals surface area contributed by atoms with Gasteiger partial charge in [-0.2, -0.15) is 0 Å². The Hall–Kier alpha value is -2.91. The molecule has 1 aromatic heterocycles. The quantitative estimate of drug-likeness (QED) is 0.609. The summed E-state index contributed by atoms with van der Waals surface area (Å²) in [7, 11) is 0. The van der Waals surface area contributed by atoms with E-state index in [0.29, 0.717) is 29.6 Å². The van der Waals surface area contributed by atoms with Crippen LogP contribution >= 0.6 is 11.6 Å². The molecule has 0 spiro atoms. The Kier molecular flexibility index (Phi) is 8.02. The van der Waals surface area contributed by atoms with E-state index < -0.39 is 0 Å². The lowest BCUT2D eigenvalue weighted by Gasteiger charge is -2.23. The normalized spacial score (nSPS) is 15.5. The first-order chi connectivity index (χ1) is 14.9. The molecule has 10 heteroatoms. The Balaban J connectivity index is 1.58. The van der Waals surface area contributed by atoms with E-state index in [1.165, 1.54) is 4.90 Å². The fourth-order valence-corrected chi connectivity index (χ4v) is 3.29. The van der Waals surface area contributed by atoms with Crippen LogP contribution in [0.1, 0.15) is 31.4 Å². The van der Waals surface area contributed by atoms with Crippen molar-refractivity contribution in [2.75, 3.05) is 29.9 Å². The highest BCUT2D eigenvalue weighted by Gasteiger charge is 2.22. The van der Waals surface area contributed by atoms with Crippen LogP contribution in [0.5, 0.6) is 0 Å². The van der Waals surface area contributed by atoms with Crippen molar-refractivity contribution in [1.29, 1.82) is 0 Å². The van der Waals surface area contributed by atoms with E-state index in [0.717, 1.165) is 12.8 Å². The van der Waals surface area contributed by atoms with Gasteiger partial charge in [-0.1, -0.05) is 16.8 Å². The minimum Gasteiger partial charge on any atom is -0.376 e. The van der Waals surface area contributed by atoms with Gasteiger partial charge in [0.05, 0.1) is 6.10 Å². The van der Waals surface area contributed by atoms with Crippen molar-refractivity contribution in [2.24, 2.45) is 0 Å². The summed E-state index contributed by atoms with van der Waals surface area (Å²) in [5.41, 5.74) is 0.522. The van der Waals surface area contributed by atoms with Gasteiger partial charge in [0.1, 0.15) is 12.3 Å². The fraction of sp³-hybridized carbons (Fsp3) is 0.429. The number of nitrogens with zero attached hydrogens (tertiary/aromatic N) is 2. The molecule has 1 aromatic carbocycles. The number of nitrogens with one attached hydrogen (secondary N) is 2. The number of ether oxygens (including phenoxy) is 1. The maximum absolute atomic E-state index is 12.9. The second-order valence-electron chi connectivity index (χ2n) is 7.27. The van der Waals surface area contributed by atoms with Crippen molar-refractivity contribution in [3.63, 3.8) is 0 Å². The molecule has 1 aliphatic heterocycles. The minimum atomic E-state index is -0.375. The number of hydrogen-bond donors (Lipinski definition) is 2. The summed E-state index contributed by atoms with van der Waals surface area (Å²) in [6, 6.07) is 8.18. The average molecular weight is 449 g/mol. The highest BCUT2D eigenvalue weighted by Crippen LogP contribution is 2.19. The zero-order chi connectivity index (χ0) is 22.2. The van der Waals surface area contributed by atoms with Crippen LogP contribution in [0.25, 0.3) is 0 Å². The van der Waals surface area contributed by atoms with Crippen LogP contribution in [0.15, 0.2) is 34.9 Å². The number of aryl methyl sites for hydroxylation is 1. The van der Waals surface area contributed by atoms with Crippen LogP contribution in [0.3, 0.4) is 0 Å². The Morgan fingerprint density at radius 1 is 1.19 bits per heavy atom. The Morgan fingerprint density at radius 3 is 2.61 bits per heavy atom. The van der Waals surface area contributed by atoms with E-state index in [-0.39, 0.29) is 49.0 Å². The third-order valence-corrected chi connectivity index (χ3v) is 5.01. The molecule has 9 nitrogen and oxygen atoms in total. The van der Waals surface area contributed by atoms with Gasteiger partial charge < -0.3 is 24.8 Å². The van der Waals surface area contributed by atoms with E-state index in [1.807, 2.05) is 0 Å². The molecular weight excluding hydrogens is 424 g/mol. The standard InChI is InChI=1S/C21H25ClN4O5/c1-14-11-18(25-31-14)24-19(27)8-9-21(29)26(16-6-4-15(22)5-7-16)13-20(28)23-12-17-3-2-10-30-17/h4-7,11,17H,2-3,8-10,12-13H2,1H3,(H,23,28)(H,24,25,27). The monoisotopic (exact) mass is 448 g/mol. The zero-order valence-electron chi connectivity index (χ0n) is 17.2. The van der Waals surface area contributed by atoms with E-state index >= 15 is 0 Å². The minimum absolute atomic E-state index is 0.00694. The lowest BCUT2D eigenvalue weighted by molar-refractivity contribution is -0.125. The number of anilines is 2. The molecule has 1 aliphatic rings. The van der Waals surface area contributed by atoms with Gasteiger partial charge in [0.2, 0.25) is 17.7 Å². The zero-order valence-corrected chi connectivity index (χ0v) is 18.0. The maximum Gasteiger partial charge on any atom is 0.240 e. The summed E-state index contributed by atoms with van der Waals surface area (Å²) in [4.78, 5) is 38.8. The lowest BCUT2D eigenvalue weighted by Crippen LogP contribution is -2.43. The summed E-state index contributed by atoms with van der Waals surface area (Å²) in [6.07, 6.45) is 1.75. The van der Waals surface area contributed by atoms with Gasteiger partial charge in [-0.25, -0.2) is 0 Å². The molecule has 166 valence electrons. The first kappa shape index (κ1) is 22.8. The smallest absolute Gasteiger partial charge is 0.240 e. The van der Waals surface area contributed by atoms with Gasteiger partial charge in [-0.3, -0.25) is 14.4 Å². The van der Waals surface area contributed by atoms with Crippen molar-refractivity contribution >= 4 is 40.8 Å². The first-order valence-corrected chi connectivity index (χ1v) is 10.5. The Bertz CT molecular complexity index is 909.